The lowest BCUT2D eigenvalue weighted by Gasteiger charge is -2.25. The van der Waals surface area contributed by atoms with Crippen molar-refractivity contribution in [2.24, 2.45) is 22.4 Å². The summed E-state index contributed by atoms with van der Waals surface area (Å²) in [7, 11) is 0. The van der Waals surface area contributed by atoms with E-state index in [9.17, 15) is 19.2 Å². The number of H-pyrrole nitrogens is 1. The maximum atomic E-state index is 13.0. The predicted molar refractivity (Wildman–Crippen MR) is 177 cm³/mol. The van der Waals surface area contributed by atoms with Crippen LogP contribution in [0.2, 0.25) is 0 Å². The number of fused-ring (bicyclic) bond motifs is 1. The number of carbonyl (C=O) groups excluding carboxylic acids is 4. The number of urea groups is 3. The third-order valence-corrected chi connectivity index (χ3v) is 6.95. The van der Waals surface area contributed by atoms with Crippen molar-refractivity contribution in [3.8, 4) is 0 Å². The maximum Gasteiger partial charge on any atom is 0.315 e. The average Bonchev–Trinajstić information content (AvgIpc) is 3.36. The zero-order valence-electron chi connectivity index (χ0n) is 27.0. The molecule has 1 aromatic carbocycles. The SMILES string of the molecule is CC(=O)NC[C@H](Cc1c[nH]c2ccccc12)NC(=O)NC[C@H](CCCN=C(N)N)NC(=O)NC[C@@H](NC(=O)NC(C)C)C(C)C. The Bertz CT molecular complexity index is 1270. The highest BCUT2D eigenvalue weighted by molar-refractivity contribution is 5.83. The van der Waals surface area contributed by atoms with Gasteiger partial charge in [-0.25, -0.2) is 14.4 Å². The van der Waals surface area contributed by atoms with Gasteiger partial charge in [-0.2, -0.15) is 0 Å². The molecule has 3 atom stereocenters. The van der Waals surface area contributed by atoms with Crippen LogP contribution in [0.4, 0.5) is 14.4 Å². The fraction of sp³-hybridized carbons (Fsp3) is 0.567. The zero-order chi connectivity index (χ0) is 33.4. The second kappa shape index (κ2) is 18.9. The summed E-state index contributed by atoms with van der Waals surface area (Å²) in [6.45, 7) is 10.00. The topological polar surface area (TPSA) is 233 Å². The number of hydrogen-bond acceptors (Lipinski definition) is 5. The molecule has 15 heteroatoms. The molecular formula is C30H51N11O4. The van der Waals surface area contributed by atoms with Gasteiger partial charge in [0.1, 0.15) is 0 Å². The van der Waals surface area contributed by atoms with Gasteiger partial charge in [0.25, 0.3) is 0 Å². The highest BCUT2D eigenvalue weighted by atomic mass is 16.2. The van der Waals surface area contributed by atoms with E-state index >= 15 is 0 Å². The molecule has 0 saturated heterocycles. The molecule has 0 saturated carbocycles. The van der Waals surface area contributed by atoms with Crippen LogP contribution in [0.5, 0.6) is 0 Å². The van der Waals surface area contributed by atoms with Crippen molar-refractivity contribution in [3.63, 3.8) is 0 Å². The molecule has 0 bridgehead atoms. The molecule has 12 N–H and O–H groups in total. The first-order valence-corrected chi connectivity index (χ1v) is 15.3. The molecular weight excluding hydrogens is 578 g/mol. The van der Waals surface area contributed by atoms with E-state index in [4.69, 9.17) is 11.5 Å². The van der Waals surface area contributed by atoms with Crippen LogP contribution >= 0.6 is 0 Å². The van der Waals surface area contributed by atoms with Gasteiger partial charge in [-0.05, 0) is 50.7 Å². The minimum atomic E-state index is -0.443. The molecule has 0 spiro atoms. The number of guanidine groups is 1. The number of para-hydroxylation sites is 1. The Labute approximate surface area is 264 Å². The third kappa shape index (κ3) is 14.6. The Balaban J connectivity index is 2.00. The molecule has 1 heterocycles. The maximum absolute atomic E-state index is 13.0. The fourth-order valence-corrected chi connectivity index (χ4v) is 4.60. The number of aliphatic imine (C=N–C) groups is 1. The van der Waals surface area contributed by atoms with E-state index in [0.717, 1.165) is 16.5 Å². The van der Waals surface area contributed by atoms with E-state index in [-0.39, 0.29) is 55.5 Å². The molecule has 250 valence electrons. The summed E-state index contributed by atoms with van der Waals surface area (Å²) in [4.78, 5) is 56.9. The zero-order valence-corrected chi connectivity index (χ0v) is 27.0. The Morgan fingerprint density at radius 1 is 0.822 bits per heavy atom. The quantitative estimate of drug-likeness (QED) is 0.0695. The summed E-state index contributed by atoms with van der Waals surface area (Å²) in [5.74, 6) is -0.157. The Morgan fingerprint density at radius 2 is 1.47 bits per heavy atom. The van der Waals surface area contributed by atoms with Crippen molar-refractivity contribution in [2.45, 2.75) is 78.0 Å². The van der Waals surface area contributed by atoms with Crippen molar-refractivity contribution < 1.29 is 19.2 Å². The summed E-state index contributed by atoms with van der Waals surface area (Å²) in [5, 5.41) is 21.0. The van der Waals surface area contributed by atoms with Crippen LogP contribution in [0.25, 0.3) is 10.9 Å². The first-order valence-electron chi connectivity index (χ1n) is 15.3. The summed E-state index contributed by atoms with van der Waals surface area (Å²) >= 11 is 0. The van der Waals surface area contributed by atoms with Crippen LogP contribution in [0.15, 0.2) is 35.5 Å². The first kappa shape index (κ1) is 36.5. The highest BCUT2D eigenvalue weighted by Crippen LogP contribution is 2.19. The molecule has 2 aromatic rings. The van der Waals surface area contributed by atoms with Gasteiger partial charge < -0.3 is 53.7 Å². The number of carbonyl (C=O) groups is 4. The number of rotatable bonds is 17. The van der Waals surface area contributed by atoms with Gasteiger partial charge in [0.2, 0.25) is 5.91 Å². The highest BCUT2D eigenvalue weighted by Gasteiger charge is 2.20. The molecule has 45 heavy (non-hydrogen) atoms. The number of amides is 7. The lowest BCUT2D eigenvalue weighted by molar-refractivity contribution is -0.119. The molecule has 0 radical (unpaired) electrons. The molecule has 2 rings (SSSR count). The summed E-state index contributed by atoms with van der Waals surface area (Å²) in [6.07, 6.45) is 3.43. The van der Waals surface area contributed by atoms with E-state index in [0.29, 0.717) is 25.8 Å². The first-order chi connectivity index (χ1) is 21.3. The van der Waals surface area contributed by atoms with E-state index < -0.39 is 24.1 Å². The van der Waals surface area contributed by atoms with Crippen LogP contribution in [-0.4, -0.2) is 85.3 Å². The van der Waals surface area contributed by atoms with Gasteiger partial charge in [0.05, 0.1) is 12.1 Å². The predicted octanol–water partition coefficient (Wildman–Crippen LogP) is 0.968. The van der Waals surface area contributed by atoms with Crippen LogP contribution < -0.4 is 48.7 Å². The number of benzene rings is 1. The van der Waals surface area contributed by atoms with Gasteiger partial charge in [0, 0.05) is 62.3 Å². The van der Waals surface area contributed by atoms with E-state index in [1.807, 2.05) is 58.2 Å². The molecule has 0 aliphatic carbocycles. The van der Waals surface area contributed by atoms with Crippen molar-refractivity contribution in [1.29, 1.82) is 0 Å². The van der Waals surface area contributed by atoms with E-state index in [1.54, 1.807) is 0 Å². The molecule has 0 fully saturated rings. The number of nitrogens with one attached hydrogen (secondary N) is 8. The molecule has 0 aliphatic rings. The molecule has 7 amide bonds. The van der Waals surface area contributed by atoms with E-state index in [2.05, 4.69) is 47.2 Å². The van der Waals surface area contributed by atoms with Gasteiger partial charge in [0.15, 0.2) is 5.96 Å². The van der Waals surface area contributed by atoms with Crippen molar-refractivity contribution in [3.05, 3.63) is 36.0 Å². The van der Waals surface area contributed by atoms with Crippen LogP contribution in [0.1, 0.15) is 53.0 Å². The van der Waals surface area contributed by atoms with Crippen molar-refractivity contribution >= 4 is 40.9 Å². The van der Waals surface area contributed by atoms with Crippen LogP contribution in [-0.2, 0) is 11.2 Å². The second-order valence-electron chi connectivity index (χ2n) is 11.7. The normalized spacial score (nSPS) is 13.0. The Hall–Kier alpha value is -4.69. The largest absolute Gasteiger partial charge is 0.370 e. The minimum Gasteiger partial charge on any atom is -0.370 e. The van der Waals surface area contributed by atoms with Gasteiger partial charge in [-0.15, -0.1) is 0 Å². The number of aromatic amines is 1. The van der Waals surface area contributed by atoms with Gasteiger partial charge in [-0.1, -0.05) is 32.0 Å². The second-order valence-corrected chi connectivity index (χ2v) is 11.7. The number of nitrogens with two attached hydrogens (primary N) is 2. The Morgan fingerprint density at radius 3 is 2.11 bits per heavy atom. The van der Waals surface area contributed by atoms with E-state index in [1.165, 1.54) is 6.92 Å². The average molecular weight is 630 g/mol. The number of hydrogen-bond donors (Lipinski definition) is 10. The Kier molecular flexibility index (Phi) is 15.3. The summed E-state index contributed by atoms with van der Waals surface area (Å²) in [6, 6.07) is 5.52. The van der Waals surface area contributed by atoms with Crippen LogP contribution in [0, 0.1) is 5.92 Å². The monoisotopic (exact) mass is 629 g/mol. The standard InChI is InChI=1S/C30H51N11O4/c1-18(2)26(41-30(45)38-19(3)4)17-37-29(44)39-22(9-8-12-33-27(31)32)15-36-28(43)40-23(16-34-20(5)42)13-21-14-35-25-11-7-6-10-24(21)25/h6-7,10-11,14,18-19,22-23,26,35H,8-9,12-13,15-17H2,1-5H3,(H,34,42)(H4,31,32,33)(H2,36,40,43)(H2,37,39,44)(H2,38,41,45)/t22-,23-,26+/m0/s1. The third-order valence-electron chi connectivity index (χ3n) is 6.95. The van der Waals surface area contributed by atoms with Crippen LogP contribution in [0.3, 0.4) is 0 Å². The smallest absolute Gasteiger partial charge is 0.315 e. The molecule has 0 unspecified atom stereocenters. The molecule has 1 aromatic heterocycles. The summed E-state index contributed by atoms with van der Waals surface area (Å²) in [5.41, 5.74) is 12.9. The number of nitrogens with zero attached hydrogens (tertiary/aromatic N) is 1. The van der Waals surface area contributed by atoms with Gasteiger partial charge in [-0.3, -0.25) is 9.79 Å². The molecule has 15 nitrogen and oxygen atoms in total. The van der Waals surface area contributed by atoms with Crippen molar-refractivity contribution in [1.82, 2.24) is 42.2 Å². The lowest BCUT2D eigenvalue weighted by atomic mass is 10.0. The molecule has 0 aliphatic heterocycles. The number of aromatic nitrogens is 1. The van der Waals surface area contributed by atoms with Crippen molar-refractivity contribution in [2.75, 3.05) is 26.2 Å². The lowest BCUT2D eigenvalue weighted by Crippen LogP contribution is -2.55. The fourth-order valence-electron chi connectivity index (χ4n) is 4.60. The van der Waals surface area contributed by atoms with Gasteiger partial charge >= 0.3 is 18.1 Å². The minimum absolute atomic E-state index is 0.0207. The summed E-state index contributed by atoms with van der Waals surface area (Å²) < 4.78 is 0.